The zero-order valence-corrected chi connectivity index (χ0v) is 11.6. The van der Waals surface area contributed by atoms with E-state index >= 15 is 0 Å². The maximum Gasteiger partial charge on any atom is 0.461 e. The van der Waals surface area contributed by atoms with Crippen LogP contribution in [0, 0.1) is 30.3 Å². The average Bonchev–Trinajstić information content (AvgIpc) is 2.52. The lowest BCUT2D eigenvalue weighted by molar-refractivity contribution is -0.744. The minimum absolute atomic E-state index is 0.195. The summed E-state index contributed by atoms with van der Waals surface area (Å²) in [5, 5.41) is 33.0. The Morgan fingerprint density at radius 1 is 0.696 bits per heavy atom. The first-order valence-corrected chi connectivity index (χ1v) is 6.48. The molecule has 1 atom stereocenters. The van der Waals surface area contributed by atoms with Crippen LogP contribution in [0.1, 0.15) is 17.0 Å². The predicted molar refractivity (Wildman–Crippen MR) is 79.2 cm³/mol. The van der Waals surface area contributed by atoms with E-state index in [1.54, 1.807) is 30.3 Å². The van der Waals surface area contributed by atoms with E-state index in [1.165, 1.54) is 24.3 Å². The number of hydrogen-bond donors (Lipinski definition) is 0. The number of hydrogen-bond acceptors (Lipinski definition) is 6. The summed E-state index contributed by atoms with van der Waals surface area (Å²) in [4.78, 5) is 30.5. The second-order valence-electron chi connectivity index (χ2n) is 4.72. The highest BCUT2D eigenvalue weighted by Gasteiger charge is 2.44. The van der Waals surface area contributed by atoms with Gasteiger partial charge in [0.25, 0.3) is 5.69 Å². The van der Waals surface area contributed by atoms with Gasteiger partial charge in [0.05, 0.1) is 14.8 Å². The normalized spacial score (nSPS) is 11.9. The van der Waals surface area contributed by atoms with Crippen LogP contribution in [-0.4, -0.2) is 20.9 Å². The van der Waals surface area contributed by atoms with Gasteiger partial charge in [0, 0.05) is 12.1 Å². The summed E-state index contributed by atoms with van der Waals surface area (Å²) in [6, 6.07) is 13.0. The van der Waals surface area contributed by atoms with Gasteiger partial charge in [0.15, 0.2) is 0 Å². The third kappa shape index (κ3) is 3.46. The first-order chi connectivity index (χ1) is 10.9. The summed E-state index contributed by atoms with van der Waals surface area (Å²) >= 11 is 0. The summed E-state index contributed by atoms with van der Waals surface area (Å²) in [5.41, 5.74) is 0.458. The Bertz CT molecular complexity index is 718. The van der Waals surface area contributed by atoms with E-state index in [9.17, 15) is 30.3 Å². The molecule has 23 heavy (non-hydrogen) atoms. The first-order valence-electron chi connectivity index (χ1n) is 6.48. The van der Waals surface area contributed by atoms with Gasteiger partial charge in [-0.05, 0) is 11.1 Å². The van der Waals surface area contributed by atoms with Crippen molar-refractivity contribution in [3.8, 4) is 0 Å². The van der Waals surface area contributed by atoms with Crippen molar-refractivity contribution in [2.75, 3.05) is 0 Å². The molecule has 118 valence electrons. The van der Waals surface area contributed by atoms with Crippen molar-refractivity contribution < 1.29 is 14.8 Å². The second-order valence-corrected chi connectivity index (χ2v) is 4.72. The molecule has 2 aromatic carbocycles. The molecular formula is C14H11N3O6. The third-order valence-corrected chi connectivity index (χ3v) is 3.35. The van der Waals surface area contributed by atoms with Crippen molar-refractivity contribution in [1.29, 1.82) is 0 Å². The number of nitrogens with zero attached hydrogens (tertiary/aromatic N) is 3. The van der Waals surface area contributed by atoms with E-state index in [1.807, 2.05) is 0 Å². The van der Waals surface area contributed by atoms with Crippen LogP contribution >= 0.6 is 0 Å². The van der Waals surface area contributed by atoms with Crippen molar-refractivity contribution in [3.63, 3.8) is 0 Å². The van der Waals surface area contributed by atoms with E-state index in [4.69, 9.17) is 0 Å². The van der Waals surface area contributed by atoms with Crippen LogP contribution in [0.3, 0.4) is 0 Å². The van der Waals surface area contributed by atoms with Crippen molar-refractivity contribution >= 4 is 5.69 Å². The van der Waals surface area contributed by atoms with Crippen molar-refractivity contribution in [3.05, 3.63) is 96.1 Å². The smallest absolute Gasteiger partial charge is 0.259 e. The maximum atomic E-state index is 11.2. The monoisotopic (exact) mass is 317 g/mol. The number of nitro groups is 3. The third-order valence-electron chi connectivity index (χ3n) is 3.35. The van der Waals surface area contributed by atoms with Gasteiger partial charge >= 0.3 is 6.17 Å². The van der Waals surface area contributed by atoms with Crippen molar-refractivity contribution in [2.45, 2.75) is 12.1 Å². The van der Waals surface area contributed by atoms with Gasteiger partial charge in [-0.1, -0.05) is 42.5 Å². The largest absolute Gasteiger partial charge is 0.461 e. The van der Waals surface area contributed by atoms with Crippen molar-refractivity contribution in [1.82, 2.24) is 0 Å². The van der Waals surface area contributed by atoms with Gasteiger partial charge < -0.3 is 0 Å². The molecule has 2 rings (SSSR count). The second kappa shape index (κ2) is 6.60. The lowest BCUT2D eigenvalue weighted by Gasteiger charge is -2.16. The van der Waals surface area contributed by atoms with Crippen LogP contribution in [0.15, 0.2) is 54.6 Å². The summed E-state index contributed by atoms with van der Waals surface area (Å²) in [6.45, 7) is 0. The molecule has 2 aromatic rings. The van der Waals surface area contributed by atoms with Gasteiger partial charge in [0.2, 0.25) is 0 Å². The molecule has 0 aliphatic rings. The predicted octanol–water partition coefficient (Wildman–Crippen LogP) is 2.61. The Labute approximate surface area is 129 Å². The van der Waals surface area contributed by atoms with Crippen LogP contribution in [0.2, 0.25) is 0 Å². The fourth-order valence-corrected chi connectivity index (χ4v) is 2.32. The lowest BCUT2D eigenvalue weighted by atomic mass is 9.89. The molecule has 0 N–H and O–H groups in total. The molecular weight excluding hydrogens is 306 g/mol. The molecule has 0 aliphatic heterocycles. The summed E-state index contributed by atoms with van der Waals surface area (Å²) < 4.78 is 0. The van der Waals surface area contributed by atoms with Crippen LogP contribution in [0.5, 0.6) is 0 Å². The van der Waals surface area contributed by atoms with E-state index in [2.05, 4.69) is 0 Å². The molecule has 0 fully saturated rings. The highest BCUT2D eigenvalue weighted by Crippen LogP contribution is 2.31. The fraction of sp³-hybridized carbons (Fsp3) is 0.143. The molecule has 9 heteroatoms. The Morgan fingerprint density at radius 2 is 1.17 bits per heavy atom. The highest BCUT2D eigenvalue weighted by atomic mass is 16.7. The quantitative estimate of drug-likeness (QED) is 0.457. The standard InChI is InChI=1S/C14H11N3O6/c18-15(19)12-8-6-11(7-9-12)13(10-4-2-1-3-5-10)14(16(20)21)17(22)23/h1-9,13-14H. The van der Waals surface area contributed by atoms with Gasteiger partial charge in [-0.3, -0.25) is 30.3 Å². The SMILES string of the molecule is O=[N+]([O-])c1ccc(C(c2ccccc2)C([N+](=O)[O-])[N+](=O)[O-])cc1. The van der Waals surface area contributed by atoms with Crippen LogP contribution in [0.4, 0.5) is 5.69 Å². The molecule has 0 aromatic heterocycles. The molecule has 0 radical (unpaired) electrons. The number of benzene rings is 2. The summed E-state index contributed by atoms with van der Waals surface area (Å²) in [7, 11) is 0. The van der Waals surface area contributed by atoms with Gasteiger partial charge in [0.1, 0.15) is 5.92 Å². The topological polar surface area (TPSA) is 129 Å². The minimum atomic E-state index is -2.08. The minimum Gasteiger partial charge on any atom is -0.259 e. The fourth-order valence-electron chi connectivity index (χ4n) is 2.32. The highest BCUT2D eigenvalue weighted by molar-refractivity contribution is 5.39. The van der Waals surface area contributed by atoms with Crippen molar-refractivity contribution in [2.24, 2.45) is 0 Å². The van der Waals surface area contributed by atoms with Gasteiger partial charge in [-0.2, -0.15) is 0 Å². The Hall–Kier alpha value is -3.36. The molecule has 0 aliphatic carbocycles. The average molecular weight is 317 g/mol. The summed E-state index contributed by atoms with van der Waals surface area (Å²) in [5.74, 6) is -1.15. The Balaban J connectivity index is 2.55. The van der Waals surface area contributed by atoms with E-state index in [-0.39, 0.29) is 11.3 Å². The van der Waals surface area contributed by atoms with Crippen LogP contribution in [-0.2, 0) is 0 Å². The Kier molecular flexibility index (Phi) is 4.60. The first kappa shape index (κ1) is 16.0. The molecule has 1 unspecified atom stereocenters. The maximum absolute atomic E-state index is 11.2. The van der Waals surface area contributed by atoms with Crippen LogP contribution < -0.4 is 0 Å². The molecule has 0 bridgehead atoms. The lowest BCUT2D eigenvalue weighted by Crippen LogP contribution is -2.35. The molecule has 0 saturated heterocycles. The van der Waals surface area contributed by atoms with E-state index in [0.29, 0.717) is 5.56 Å². The van der Waals surface area contributed by atoms with E-state index in [0.717, 1.165) is 0 Å². The molecule has 9 nitrogen and oxygen atoms in total. The zero-order valence-electron chi connectivity index (χ0n) is 11.6. The molecule has 0 heterocycles. The molecule has 0 amide bonds. The number of non-ortho nitro benzene ring substituents is 1. The molecule has 0 saturated carbocycles. The number of nitro benzene ring substituents is 1. The Morgan fingerprint density at radius 3 is 1.61 bits per heavy atom. The van der Waals surface area contributed by atoms with Gasteiger partial charge in [-0.25, -0.2) is 0 Å². The number of rotatable bonds is 6. The van der Waals surface area contributed by atoms with E-state index < -0.39 is 26.9 Å². The zero-order chi connectivity index (χ0) is 17.0. The van der Waals surface area contributed by atoms with Gasteiger partial charge in [-0.15, -0.1) is 0 Å². The summed E-state index contributed by atoms with van der Waals surface area (Å²) in [6.07, 6.45) is -2.08. The van der Waals surface area contributed by atoms with Crippen LogP contribution in [0.25, 0.3) is 0 Å². The molecule has 0 spiro atoms.